The molecule has 8 nitrogen and oxygen atoms in total. The van der Waals surface area contributed by atoms with Gasteiger partial charge in [0.15, 0.2) is 0 Å². The van der Waals surface area contributed by atoms with E-state index in [0.717, 1.165) is 19.3 Å². The molecule has 9 heteroatoms. The monoisotopic (exact) mass is 559 g/mol. The third-order valence-electron chi connectivity index (χ3n) is 9.10. The van der Waals surface area contributed by atoms with Gasteiger partial charge in [0.1, 0.15) is 11.8 Å². The van der Waals surface area contributed by atoms with Crippen molar-refractivity contribution in [2.75, 3.05) is 19.3 Å². The number of likely N-dealkylation sites (tertiary alicyclic amines) is 1. The number of hydrogen-bond donors (Lipinski definition) is 1. The zero-order valence-electron chi connectivity index (χ0n) is 24.3. The van der Waals surface area contributed by atoms with E-state index in [-0.39, 0.29) is 36.0 Å². The number of ketones is 1. The second-order valence-corrected chi connectivity index (χ2v) is 14.8. The fraction of sp³-hybridized carbons (Fsp3) is 0.700. The molecule has 6 atom stereocenters. The molecular formula is C30H45N3O5S. The van der Waals surface area contributed by atoms with Crippen LogP contribution < -0.4 is 5.32 Å². The van der Waals surface area contributed by atoms with Crippen LogP contribution in [0.3, 0.4) is 0 Å². The molecule has 0 radical (unpaired) electrons. The molecule has 216 valence electrons. The Morgan fingerprint density at radius 2 is 1.82 bits per heavy atom. The lowest BCUT2D eigenvalue weighted by Crippen LogP contribution is -2.58. The second-order valence-electron chi connectivity index (χ2n) is 12.9. The van der Waals surface area contributed by atoms with Gasteiger partial charge in [-0.3, -0.25) is 14.4 Å². The predicted molar refractivity (Wildman–Crippen MR) is 152 cm³/mol. The topological polar surface area (TPSA) is 104 Å². The molecule has 2 fully saturated rings. The Kier molecular flexibility index (Phi) is 8.62. The fourth-order valence-corrected chi connectivity index (χ4v) is 7.87. The number of sulfonamides is 1. The molecule has 0 spiro atoms. The number of nitrogens with one attached hydrogen (secondary N) is 1. The lowest BCUT2D eigenvalue weighted by molar-refractivity contribution is -0.142. The largest absolute Gasteiger partial charge is 0.344 e. The smallest absolute Gasteiger partial charge is 0.246 e. The highest BCUT2D eigenvalue weighted by Crippen LogP contribution is 2.41. The van der Waals surface area contributed by atoms with Gasteiger partial charge in [-0.2, -0.15) is 4.31 Å². The molecule has 1 aromatic carbocycles. The highest BCUT2D eigenvalue weighted by molar-refractivity contribution is 7.88. The van der Waals surface area contributed by atoms with Crippen LogP contribution in [0.2, 0.25) is 0 Å². The van der Waals surface area contributed by atoms with Crippen molar-refractivity contribution in [3.8, 4) is 0 Å². The fourth-order valence-electron chi connectivity index (χ4n) is 6.71. The molecule has 0 aromatic heterocycles. The molecule has 1 aliphatic carbocycles. The Morgan fingerprint density at radius 3 is 2.46 bits per heavy atom. The summed E-state index contributed by atoms with van der Waals surface area (Å²) in [6, 6.07) is 6.54. The summed E-state index contributed by atoms with van der Waals surface area (Å²) in [6.07, 6.45) is 5.63. The van der Waals surface area contributed by atoms with Crippen LogP contribution in [-0.2, 0) is 30.8 Å². The predicted octanol–water partition coefficient (Wildman–Crippen LogP) is 3.50. The van der Waals surface area contributed by atoms with E-state index >= 15 is 0 Å². The zero-order chi connectivity index (χ0) is 28.7. The number of carbonyl (C=O) groups is 3. The van der Waals surface area contributed by atoms with Crippen molar-refractivity contribution < 1.29 is 22.8 Å². The number of nitrogens with zero attached hydrogens (tertiary/aromatic N) is 2. The zero-order valence-corrected chi connectivity index (χ0v) is 25.1. The first-order chi connectivity index (χ1) is 18.2. The summed E-state index contributed by atoms with van der Waals surface area (Å²) in [7, 11) is -3.56. The van der Waals surface area contributed by atoms with Crippen molar-refractivity contribution in [3.63, 3.8) is 0 Å². The van der Waals surface area contributed by atoms with Gasteiger partial charge in [-0.25, -0.2) is 8.42 Å². The molecule has 2 saturated heterocycles. The van der Waals surface area contributed by atoms with Crippen LogP contribution in [0.4, 0.5) is 0 Å². The highest BCUT2D eigenvalue weighted by Gasteiger charge is 2.56. The van der Waals surface area contributed by atoms with E-state index in [1.807, 2.05) is 46.8 Å². The minimum Gasteiger partial charge on any atom is -0.344 e. The summed E-state index contributed by atoms with van der Waals surface area (Å²) < 4.78 is 27.0. The molecular weight excluding hydrogens is 514 g/mol. The quantitative estimate of drug-likeness (QED) is 0.525. The van der Waals surface area contributed by atoms with Crippen LogP contribution in [0, 0.1) is 17.3 Å². The minimum atomic E-state index is -3.56. The minimum absolute atomic E-state index is 0.0218. The number of hydrogen-bond acceptors (Lipinski definition) is 5. The summed E-state index contributed by atoms with van der Waals surface area (Å²) >= 11 is 0. The first kappa shape index (κ1) is 29.7. The van der Waals surface area contributed by atoms with Crippen molar-refractivity contribution in [1.82, 2.24) is 14.5 Å². The molecule has 2 aliphatic heterocycles. The summed E-state index contributed by atoms with van der Waals surface area (Å²) in [5.41, 5.74) is 1.94. The lowest BCUT2D eigenvalue weighted by Gasteiger charge is -2.37. The summed E-state index contributed by atoms with van der Waals surface area (Å²) in [5, 5.41) is 2.98. The van der Waals surface area contributed by atoms with E-state index in [1.165, 1.54) is 21.7 Å². The van der Waals surface area contributed by atoms with Crippen LogP contribution >= 0.6 is 0 Å². The molecule has 2 heterocycles. The Bertz CT molecular complexity index is 1210. The maximum atomic E-state index is 14.1. The van der Waals surface area contributed by atoms with Gasteiger partial charge >= 0.3 is 0 Å². The van der Waals surface area contributed by atoms with E-state index in [4.69, 9.17) is 0 Å². The first-order valence-electron chi connectivity index (χ1n) is 14.4. The molecule has 1 N–H and O–H groups in total. The molecule has 0 unspecified atom stereocenters. The van der Waals surface area contributed by atoms with E-state index in [0.29, 0.717) is 25.8 Å². The number of aryl methyl sites for hydroxylation is 1. The number of carbonyl (C=O) groups excluding carboxylic acids is 3. The number of amides is 2. The van der Waals surface area contributed by atoms with Crippen LogP contribution in [0.15, 0.2) is 24.3 Å². The average molecular weight is 560 g/mol. The third-order valence-corrected chi connectivity index (χ3v) is 10.4. The Balaban J connectivity index is 1.62. The van der Waals surface area contributed by atoms with Gasteiger partial charge in [-0.1, -0.05) is 58.9 Å². The van der Waals surface area contributed by atoms with Crippen LogP contribution in [0.1, 0.15) is 83.8 Å². The summed E-state index contributed by atoms with van der Waals surface area (Å²) in [5.74, 6) is -1.09. The van der Waals surface area contributed by atoms with Crippen molar-refractivity contribution >= 4 is 27.6 Å². The summed E-state index contributed by atoms with van der Waals surface area (Å²) in [6.45, 7) is 9.99. The molecule has 2 amide bonds. The van der Waals surface area contributed by atoms with E-state index in [9.17, 15) is 22.8 Å². The SMILES string of the molecule is CC[C@@H](C)C(=O)N[C@H](C(=O)N1CC[C@@H]2[C@H]1[C@@H](C(=O)C[C@H]1CCCc3ccccc31)CN2S(C)(=O)=O)C(C)(C)C. The van der Waals surface area contributed by atoms with Gasteiger partial charge in [0.05, 0.1) is 18.2 Å². The van der Waals surface area contributed by atoms with Crippen molar-refractivity contribution in [2.45, 2.75) is 97.2 Å². The molecule has 4 rings (SSSR count). The van der Waals surface area contributed by atoms with Gasteiger partial charge < -0.3 is 10.2 Å². The van der Waals surface area contributed by atoms with E-state index < -0.39 is 39.5 Å². The number of benzene rings is 1. The molecule has 1 aromatic rings. The number of rotatable bonds is 8. The maximum absolute atomic E-state index is 14.1. The highest BCUT2D eigenvalue weighted by atomic mass is 32.2. The van der Waals surface area contributed by atoms with Gasteiger partial charge in [-0.05, 0) is 54.6 Å². The van der Waals surface area contributed by atoms with E-state index in [1.54, 1.807) is 4.90 Å². The molecule has 3 aliphatic rings. The molecule has 39 heavy (non-hydrogen) atoms. The Labute approximate surface area is 233 Å². The van der Waals surface area contributed by atoms with Crippen molar-refractivity contribution in [2.24, 2.45) is 17.3 Å². The Hall–Kier alpha value is -2.26. The van der Waals surface area contributed by atoms with Gasteiger partial charge in [-0.15, -0.1) is 0 Å². The third kappa shape index (κ3) is 6.09. The van der Waals surface area contributed by atoms with Crippen LogP contribution in [0.25, 0.3) is 0 Å². The lowest BCUT2D eigenvalue weighted by atomic mass is 9.78. The molecule has 0 saturated carbocycles. The second kappa shape index (κ2) is 11.3. The Morgan fingerprint density at radius 1 is 1.13 bits per heavy atom. The van der Waals surface area contributed by atoms with Gasteiger partial charge in [0.25, 0.3) is 0 Å². The van der Waals surface area contributed by atoms with Crippen molar-refractivity contribution in [1.29, 1.82) is 0 Å². The normalized spacial score (nSPS) is 27.0. The van der Waals surface area contributed by atoms with Crippen molar-refractivity contribution in [3.05, 3.63) is 35.4 Å². The van der Waals surface area contributed by atoms with Crippen LogP contribution in [0.5, 0.6) is 0 Å². The number of fused-ring (bicyclic) bond motifs is 2. The van der Waals surface area contributed by atoms with Gasteiger partial charge in [0.2, 0.25) is 21.8 Å². The van der Waals surface area contributed by atoms with E-state index in [2.05, 4.69) is 17.4 Å². The standard InChI is InChI=1S/C30H45N3O5S/c1-7-19(2)28(35)31-27(30(3,4)5)29(36)32-16-15-24-26(32)23(18-33(24)39(6,37)38)25(34)17-21-13-10-12-20-11-8-9-14-22(20)21/h8-9,11,14,19,21,23-24,26-27H,7,10,12-13,15-18H2,1-6H3,(H,31,35)/t19-,21-,23-,24-,26-,27-/m1/s1. The van der Waals surface area contributed by atoms with Crippen LogP contribution in [-0.4, -0.2) is 72.7 Å². The van der Waals surface area contributed by atoms with Gasteiger partial charge in [0, 0.05) is 31.5 Å². The molecule has 0 bridgehead atoms. The average Bonchev–Trinajstić information content (AvgIpc) is 3.46. The first-order valence-corrected chi connectivity index (χ1v) is 16.3. The summed E-state index contributed by atoms with van der Waals surface area (Å²) in [4.78, 5) is 42.6. The maximum Gasteiger partial charge on any atom is 0.246 e. The number of Topliss-reactive ketones (excluding diaryl/α,β-unsaturated/α-hetero) is 1.